The van der Waals surface area contributed by atoms with Crippen LogP contribution in [0.15, 0.2) is 18.2 Å². The molecule has 0 saturated carbocycles. The van der Waals surface area contributed by atoms with E-state index in [2.05, 4.69) is 4.37 Å². The smallest absolute Gasteiger partial charge is 0.241 e. The van der Waals surface area contributed by atoms with E-state index in [1.54, 1.807) is 19.1 Å². The maximum absolute atomic E-state index is 13.6. The van der Waals surface area contributed by atoms with Crippen molar-refractivity contribution in [3.63, 3.8) is 0 Å². The Kier molecular flexibility index (Phi) is 2.59. The molecule has 16 heavy (non-hydrogen) atoms. The molecular formula is C11H7FN2OS. The Bertz CT molecular complexity index is 586. The molecule has 0 aliphatic rings. The highest BCUT2D eigenvalue weighted by molar-refractivity contribution is 7.10. The first-order valence-electron chi connectivity index (χ1n) is 4.48. The van der Waals surface area contributed by atoms with E-state index < -0.39 is 5.82 Å². The molecule has 2 aromatic rings. The number of hydrogen-bond acceptors (Lipinski definition) is 4. The van der Waals surface area contributed by atoms with Crippen LogP contribution in [-0.4, -0.2) is 9.48 Å². The van der Waals surface area contributed by atoms with Crippen LogP contribution in [0.4, 0.5) is 4.39 Å². The van der Waals surface area contributed by atoms with Crippen molar-refractivity contribution in [1.29, 1.82) is 5.26 Å². The topological polar surface area (TPSA) is 56.9 Å². The fourth-order valence-corrected chi connectivity index (χ4v) is 2.13. The van der Waals surface area contributed by atoms with E-state index in [9.17, 15) is 9.50 Å². The maximum atomic E-state index is 13.6. The zero-order chi connectivity index (χ0) is 11.7. The summed E-state index contributed by atoms with van der Waals surface area (Å²) in [4.78, 5) is 0.359. The Labute approximate surface area is 95.6 Å². The van der Waals surface area contributed by atoms with Crippen LogP contribution in [0.25, 0.3) is 10.4 Å². The summed E-state index contributed by atoms with van der Waals surface area (Å²) < 4.78 is 17.3. The van der Waals surface area contributed by atoms with Crippen molar-refractivity contribution in [3.8, 4) is 22.4 Å². The minimum absolute atomic E-state index is 0.0211. The normalized spacial score (nSPS) is 10.1. The van der Waals surface area contributed by atoms with Crippen molar-refractivity contribution in [1.82, 2.24) is 4.37 Å². The SMILES string of the molecule is Cc1ccc(-c2snc(O)c2C#N)c(F)c1. The van der Waals surface area contributed by atoms with Crippen LogP contribution < -0.4 is 0 Å². The zero-order valence-electron chi connectivity index (χ0n) is 8.36. The fraction of sp³-hybridized carbons (Fsp3) is 0.0909. The maximum Gasteiger partial charge on any atom is 0.241 e. The number of benzene rings is 1. The molecule has 0 amide bonds. The minimum atomic E-state index is -0.417. The summed E-state index contributed by atoms with van der Waals surface area (Å²) in [7, 11) is 0. The average molecular weight is 234 g/mol. The lowest BCUT2D eigenvalue weighted by atomic mass is 10.1. The first kappa shape index (κ1) is 10.6. The molecule has 0 aliphatic carbocycles. The molecule has 80 valence electrons. The van der Waals surface area contributed by atoms with E-state index in [1.807, 2.05) is 6.07 Å². The zero-order valence-corrected chi connectivity index (χ0v) is 9.18. The first-order chi connectivity index (χ1) is 7.63. The third kappa shape index (κ3) is 1.64. The average Bonchev–Trinajstić information content (AvgIpc) is 2.59. The molecular weight excluding hydrogens is 227 g/mol. The van der Waals surface area contributed by atoms with Gasteiger partial charge in [0.2, 0.25) is 5.88 Å². The number of hydrogen-bond donors (Lipinski definition) is 1. The number of nitriles is 1. The number of aromatic nitrogens is 1. The van der Waals surface area contributed by atoms with E-state index in [0.717, 1.165) is 17.1 Å². The van der Waals surface area contributed by atoms with Gasteiger partial charge in [0.25, 0.3) is 0 Å². The Hall–Kier alpha value is -1.93. The van der Waals surface area contributed by atoms with Gasteiger partial charge in [0, 0.05) is 5.56 Å². The van der Waals surface area contributed by atoms with Gasteiger partial charge in [0.05, 0.1) is 4.88 Å². The van der Waals surface area contributed by atoms with Crippen molar-refractivity contribution < 1.29 is 9.50 Å². The molecule has 0 fully saturated rings. The Morgan fingerprint density at radius 2 is 2.25 bits per heavy atom. The van der Waals surface area contributed by atoms with E-state index in [0.29, 0.717) is 10.4 Å². The highest BCUT2D eigenvalue weighted by Crippen LogP contribution is 2.34. The van der Waals surface area contributed by atoms with Crippen LogP contribution in [0, 0.1) is 24.1 Å². The van der Waals surface area contributed by atoms with Crippen molar-refractivity contribution in [2.24, 2.45) is 0 Å². The van der Waals surface area contributed by atoms with Gasteiger partial charge in [-0.1, -0.05) is 12.1 Å². The lowest BCUT2D eigenvalue weighted by molar-refractivity contribution is 0.458. The summed E-state index contributed by atoms with van der Waals surface area (Å²) in [6.07, 6.45) is 0. The van der Waals surface area contributed by atoms with Gasteiger partial charge in [-0.3, -0.25) is 0 Å². The molecule has 0 saturated heterocycles. The Morgan fingerprint density at radius 1 is 1.50 bits per heavy atom. The predicted octanol–water partition coefficient (Wildman–Crippen LogP) is 2.83. The largest absolute Gasteiger partial charge is 0.492 e. The summed E-state index contributed by atoms with van der Waals surface area (Å²) in [6, 6.07) is 6.53. The lowest BCUT2D eigenvalue weighted by Gasteiger charge is -2.01. The highest BCUT2D eigenvalue weighted by atomic mass is 32.1. The molecule has 1 heterocycles. The summed E-state index contributed by atoms with van der Waals surface area (Å²) in [6.45, 7) is 1.78. The second-order valence-electron chi connectivity index (χ2n) is 3.31. The van der Waals surface area contributed by atoms with Gasteiger partial charge in [-0.25, -0.2) is 4.39 Å². The van der Waals surface area contributed by atoms with Gasteiger partial charge < -0.3 is 5.11 Å². The second-order valence-corrected chi connectivity index (χ2v) is 4.08. The first-order valence-corrected chi connectivity index (χ1v) is 5.26. The van der Waals surface area contributed by atoms with E-state index >= 15 is 0 Å². The molecule has 0 aliphatic heterocycles. The lowest BCUT2D eigenvalue weighted by Crippen LogP contribution is -1.85. The third-order valence-electron chi connectivity index (χ3n) is 2.16. The van der Waals surface area contributed by atoms with Crippen molar-refractivity contribution >= 4 is 11.5 Å². The van der Waals surface area contributed by atoms with E-state index in [1.165, 1.54) is 6.07 Å². The van der Waals surface area contributed by atoms with Crippen molar-refractivity contribution in [2.45, 2.75) is 6.92 Å². The van der Waals surface area contributed by atoms with Gasteiger partial charge in [0.15, 0.2) is 0 Å². The second kappa shape index (κ2) is 3.91. The van der Waals surface area contributed by atoms with Gasteiger partial charge in [0.1, 0.15) is 17.4 Å². The van der Waals surface area contributed by atoms with Crippen LogP contribution in [0.3, 0.4) is 0 Å². The van der Waals surface area contributed by atoms with Crippen molar-refractivity contribution in [3.05, 3.63) is 35.1 Å². The van der Waals surface area contributed by atoms with Gasteiger partial charge >= 0.3 is 0 Å². The standard InChI is InChI=1S/C11H7FN2OS/c1-6-2-3-7(9(12)4-6)10-8(5-13)11(15)14-16-10/h2-4H,1H3,(H,14,15). The molecule has 1 N–H and O–H groups in total. The van der Waals surface area contributed by atoms with E-state index in [-0.39, 0.29) is 11.4 Å². The monoisotopic (exact) mass is 234 g/mol. The molecule has 0 spiro atoms. The van der Waals surface area contributed by atoms with Crippen LogP contribution in [0.1, 0.15) is 11.1 Å². The summed E-state index contributed by atoms with van der Waals surface area (Å²) >= 11 is 0.911. The molecule has 0 unspecified atom stereocenters. The number of aromatic hydroxyl groups is 1. The molecule has 3 nitrogen and oxygen atoms in total. The van der Waals surface area contributed by atoms with Crippen LogP contribution >= 0.6 is 11.5 Å². The molecule has 2 rings (SSSR count). The van der Waals surface area contributed by atoms with Crippen LogP contribution in [0.2, 0.25) is 0 Å². The van der Waals surface area contributed by atoms with Gasteiger partial charge in [-0.15, -0.1) is 0 Å². The molecule has 0 atom stereocenters. The third-order valence-corrected chi connectivity index (χ3v) is 3.03. The van der Waals surface area contributed by atoms with Crippen LogP contribution in [0.5, 0.6) is 5.88 Å². The van der Waals surface area contributed by atoms with Gasteiger partial charge in [-0.05, 0) is 30.1 Å². The molecule has 1 aromatic carbocycles. The summed E-state index contributed by atoms with van der Waals surface area (Å²) in [5, 5.41) is 18.1. The van der Waals surface area contributed by atoms with Gasteiger partial charge in [-0.2, -0.15) is 9.64 Å². The number of halogens is 1. The quantitative estimate of drug-likeness (QED) is 0.825. The highest BCUT2D eigenvalue weighted by Gasteiger charge is 2.17. The predicted molar refractivity (Wildman–Crippen MR) is 58.6 cm³/mol. The van der Waals surface area contributed by atoms with E-state index in [4.69, 9.17) is 5.26 Å². The van der Waals surface area contributed by atoms with Crippen molar-refractivity contribution in [2.75, 3.05) is 0 Å². The Balaban J connectivity index is 2.64. The molecule has 0 radical (unpaired) electrons. The minimum Gasteiger partial charge on any atom is -0.492 e. The number of nitrogens with zero attached hydrogens (tertiary/aromatic N) is 2. The Morgan fingerprint density at radius 3 is 2.88 bits per heavy atom. The number of aryl methyl sites for hydroxylation is 1. The summed E-state index contributed by atoms with van der Waals surface area (Å²) in [5.41, 5.74) is 1.11. The van der Waals surface area contributed by atoms with Crippen LogP contribution in [-0.2, 0) is 0 Å². The number of rotatable bonds is 1. The summed E-state index contributed by atoms with van der Waals surface area (Å²) in [5.74, 6) is -0.761. The fourth-order valence-electron chi connectivity index (χ4n) is 1.37. The molecule has 1 aromatic heterocycles. The molecule has 0 bridgehead atoms. The molecule has 5 heteroatoms.